The molecule has 19 heavy (non-hydrogen) atoms. The Morgan fingerprint density at radius 3 is 2.63 bits per heavy atom. The van der Waals surface area contributed by atoms with Gasteiger partial charge in [-0.1, -0.05) is 26.2 Å². The molecule has 0 saturated heterocycles. The third-order valence-corrected chi connectivity index (χ3v) is 4.80. The van der Waals surface area contributed by atoms with Crippen molar-refractivity contribution >= 4 is 0 Å². The van der Waals surface area contributed by atoms with Crippen molar-refractivity contribution in [1.82, 2.24) is 10.2 Å². The number of rotatable bonds is 8. The van der Waals surface area contributed by atoms with Gasteiger partial charge in [-0.15, -0.1) is 0 Å². The molecule has 3 nitrogen and oxygen atoms in total. The van der Waals surface area contributed by atoms with Crippen LogP contribution < -0.4 is 5.32 Å². The second-order valence-electron chi connectivity index (χ2n) is 6.04. The standard InChI is InChI=1S/C16H34N2O/c1-5-14(2)18(11-12-19-4)13-15-9-7-6-8-10-16(15)17-3/h14-17H,5-13H2,1-4H3. The minimum absolute atomic E-state index is 0.663. The maximum Gasteiger partial charge on any atom is 0.0589 e. The van der Waals surface area contributed by atoms with Crippen LogP contribution in [0.15, 0.2) is 0 Å². The molecular weight excluding hydrogens is 236 g/mol. The van der Waals surface area contributed by atoms with E-state index in [1.807, 2.05) is 0 Å². The summed E-state index contributed by atoms with van der Waals surface area (Å²) in [5.41, 5.74) is 0. The van der Waals surface area contributed by atoms with Gasteiger partial charge in [-0.3, -0.25) is 4.90 Å². The van der Waals surface area contributed by atoms with Gasteiger partial charge in [0.15, 0.2) is 0 Å². The smallest absolute Gasteiger partial charge is 0.0589 e. The zero-order valence-corrected chi connectivity index (χ0v) is 13.5. The zero-order chi connectivity index (χ0) is 14.1. The van der Waals surface area contributed by atoms with E-state index in [9.17, 15) is 0 Å². The molecule has 1 aliphatic carbocycles. The molecule has 3 atom stereocenters. The number of hydrogen-bond acceptors (Lipinski definition) is 3. The second-order valence-corrected chi connectivity index (χ2v) is 6.04. The summed E-state index contributed by atoms with van der Waals surface area (Å²) in [6, 6.07) is 1.37. The summed E-state index contributed by atoms with van der Waals surface area (Å²) < 4.78 is 5.28. The van der Waals surface area contributed by atoms with E-state index in [1.165, 1.54) is 45.1 Å². The Morgan fingerprint density at radius 2 is 2.00 bits per heavy atom. The van der Waals surface area contributed by atoms with Gasteiger partial charge in [-0.05, 0) is 39.2 Å². The van der Waals surface area contributed by atoms with Crippen LogP contribution in [0.25, 0.3) is 0 Å². The first-order chi connectivity index (χ1) is 9.22. The van der Waals surface area contributed by atoms with Crippen LogP contribution in [0.4, 0.5) is 0 Å². The summed E-state index contributed by atoms with van der Waals surface area (Å²) in [7, 11) is 3.93. The van der Waals surface area contributed by atoms with E-state index in [4.69, 9.17) is 4.74 Å². The van der Waals surface area contributed by atoms with Gasteiger partial charge in [-0.2, -0.15) is 0 Å². The van der Waals surface area contributed by atoms with Crippen molar-refractivity contribution in [2.24, 2.45) is 5.92 Å². The third-order valence-electron chi connectivity index (χ3n) is 4.80. The Hall–Kier alpha value is -0.120. The number of nitrogens with zero attached hydrogens (tertiary/aromatic N) is 1. The molecule has 1 saturated carbocycles. The molecule has 0 aromatic heterocycles. The summed E-state index contributed by atoms with van der Waals surface area (Å²) in [6.45, 7) is 7.78. The van der Waals surface area contributed by atoms with Crippen LogP contribution in [0.3, 0.4) is 0 Å². The van der Waals surface area contributed by atoms with Gasteiger partial charge < -0.3 is 10.1 Å². The first kappa shape index (κ1) is 16.9. The average Bonchev–Trinajstić information content (AvgIpc) is 2.67. The topological polar surface area (TPSA) is 24.5 Å². The fraction of sp³-hybridized carbons (Fsp3) is 1.00. The molecule has 1 fully saturated rings. The summed E-state index contributed by atoms with van der Waals surface area (Å²) in [5.74, 6) is 0.804. The normalized spacial score (nSPS) is 26.4. The molecule has 0 spiro atoms. The van der Waals surface area contributed by atoms with Gasteiger partial charge in [0, 0.05) is 32.3 Å². The number of methoxy groups -OCH3 is 1. The van der Waals surface area contributed by atoms with Crippen LogP contribution in [-0.4, -0.2) is 50.8 Å². The molecule has 1 rings (SSSR count). The molecule has 1 aliphatic rings. The molecule has 0 radical (unpaired) electrons. The Morgan fingerprint density at radius 1 is 1.26 bits per heavy atom. The Labute approximate surface area is 120 Å². The van der Waals surface area contributed by atoms with Crippen LogP contribution in [-0.2, 0) is 4.74 Å². The number of nitrogens with one attached hydrogen (secondary N) is 1. The fourth-order valence-corrected chi connectivity index (χ4v) is 3.24. The lowest BCUT2D eigenvalue weighted by Gasteiger charge is -2.34. The lowest BCUT2D eigenvalue weighted by Crippen LogP contribution is -2.44. The lowest BCUT2D eigenvalue weighted by atomic mass is 9.93. The van der Waals surface area contributed by atoms with Crippen LogP contribution >= 0.6 is 0 Å². The minimum Gasteiger partial charge on any atom is -0.383 e. The molecule has 114 valence electrons. The summed E-state index contributed by atoms with van der Waals surface area (Å²) in [5, 5.41) is 3.55. The highest BCUT2D eigenvalue weighted by atomic mass is 16.5. The van der Waals surface area contributed by atoms with Gasteiger partial charge in [0.1, 0.15) is 0 Å². The van der Waals surface area contributed by atoms with Gasteiger partial charge in [0.25, 0.3) is 0 Å². The molecule has 1 N–H and O–H groups in total. The van der Waals surface area contributed by atoms with Gasteiger partial charge in [-0.25, -0.2) is 0 Å². The first-order valence-electron chi connectivity index (χ1n) is 8.13. The summed E-state index contributed by atoms with van der Waals surface area (Å²) in [6.07, 6.45) is 8.16. The Kier molecular flexibility index (Phi) is 8.67. The lowest BCUT2D eigenvalue weighted by molar-refractivity contribution is 0.101. The summed E-state index contributed by atoms with van der Waals surface area (Å²) >= 11 is 0. The fourth-order valence-electron chi connectivity index (χ4n) is 3.24. The average molecular weight is 270 g/mol. The molecule has 0 aliphatic heterocycles. The Balaban J connectivity index is 2.57. The predicted molar refractivity (Wildman–Crippen MR) is 82.6 cm³/mol. The highest BCUT2D eigenvalue weighted by Gasteiger charge is 2.25. The van der Waals surface area contributed by atoms with E-state index < -0.39 is 0 Å². The molecule has 3 heteroatoms. The van der Waals surface area contributed by atoms with E-state index in [1.54, 1.807) is 7.11 Å². The van der Waals surface area contributed by atoms with Gasteiger partial charge >= 0.3 is 0 Å². The number of hydrogen-bond donors (Lipinski definition) is 1. The third kappa shape index (κ3) is 5.80. The SMILES string of the molecule is CCC(C)N(CCOC)CC1CCCCCC1NC. The van der Waals surface area contributed by atoms with Crippen LogP contribution in [0.2, 0.25) is 0 Å². The van der Waals surface area contributed by atoms with E-state index in [0.717, 1.165) is 19.1 Å². The zero-order valence-electron chi connectivity index (χ0n) is 13.5. The molecule has 0 aromatic carbocycles. The maximum absolute atomic E-state index is 5.28. The van der Waals surface area contributed by atoms with E-state index in [2.05, 4.69) is 31.1 Å². The highest BCUT2D eigenvalue weighted by Crippen LogP contribution is 2.25. The van der Waals surface area contributed by atoms with E-state index >= 15 is 0 Å². The Bertz CT molecular complexity index is 223. The molecule has 0 amide bonds. The van der Waals surface area contributed by atoms with Crippen LogP contribution in [0, 0.1) is 5.92 Å². The quantitative estimate of drug-likeness (QED) is 0.686. The monoisotopic (exact) mass is 270 g/mol. The van der Waals surface area contributed by atoms with Crippen molar-refractivity contribution in [3.8, 4) is 0 Å². The van der Waals surface area contributed by atoms with Gasteiger partial charge in [0.05, 0.1) is 6.61 Å². The van der Waals surface area contributed by atoms with Crippen molar-refractivity contribution in [2.45, 2.75) is 64.5 Å². The second kappa shape index (κ2) is 9.73. The van der Waals surface area contributed by atoms with Crippen molar-refractivity contribution in [3.05, 3.63) is 0 Å². The molecular formula is C16H34N2O. The van der Waals surface area contributed by atoms with E-state index in [-0.39, 0.29) is 0 Å². The van der Waals surface area contributed by atoms with Crippen LogP contribution in [0.1, 0.15) is 52.4 Å². The van der Waals surface area contributed by atoms with Crippen molar-refractivity contribution < 1.29 is 4.74 Å². The van der Waals surface area contributed by atoms with Crippen molar-refractivity contribution in [1.29, 1.82) is 0 Å². The largest absolute Gasteiger partial charge is 0.383 e. The summed E-state index contributed by atoms with van der Waals surface area (Å²) in [4.78, 5) is 2.63. The van der Waals surface area contributed by atoms with Crippen LogP contribution in [0.5, 0.6) is 0 Å². The molecule has 3 unspecified atom stereocenters. The van der Waals surface area contributed by atoms with E-state index in [0.29, 0.717) is 12.1 Å². The minimum atomic E-state index is 0.663. The number of ether oxygens (including phenoxy) is 1. The van der Waals surface area contributed by atoms with Gasteiger partial charge in [0.2, 0.25) is 0 Å². The molecule has 0 bridgehead atoms. The van der Waals surface area contributed by atoms with Crippen molar-refractivity contribution in [3.63, 3.8) is 0 Å². The highest BCUT2D eigenvalue weighted by molar-refractivity contribution is 4.82. The maximum atomic E-state index is 5.28. The first-order valence-corrected chi connectivity index (χ1v) is 8.13. The predicted octanol–water partition coefficient (Wildman–Crippen LogP) is 2.90. The van der Waals surface area contributed by atoms with Crippen molar-refractivity contribution in [2.75, 3.05) is 33.9 Å². The molecule has 0 aromatic rings. The molecule has 0 heterocycles.